The van der Waals surface area contributed by atoms with Crippen molar-refractivity contribution in [2.45, 2.75) is 40.0 Å². The molecular weight excluding hydrogens is 200 g/mol. The zero-order valence-corrected chi connectivity index (χ0v) is 10.5. The van der Waals surface area contributed by atoms with E-state index in [2.05, 4.69) is 6.92 Å². The van der Waals surface area contributed by atoms with E-state index in [0.717, 1.165) is 6.42 Å². The lowest BCUT2D eigenvalue weighted by Gasteiger charge is -2.30. The van der Waals surface area contributed by atoms with Crippen LogP contribution in [0.5, 0.6) is 0 Å². The molecule has 0 spiro atoms. The minimum absolute atomic E-state index is 0.0637. The monoisotopic (exact) mass is 221 g/mol. The van der Waals surface area contributed by atoms with Crippen LogP contribution >= 0.6 is 0 Å². The van der Waals surface area contributed by atoms with Crippen LogP contribution in [0.15, 0.2) is 12.2 Å². The fourth-order valence-electron chi connectivity index (χ4n) is 2.02. The van der Waals surface area contributed by atoms with E-state index >= 15 is 0 Å². The molecule has 0 heterocycles. The van der Waals surface area contributed by atoms with Crippen LogP contribution < -0.4 is 0 Å². The topological polar surface area (TPSA) is 34.1 Å². The van der Waals surface area contributed by atoms with Gasteiger partial charge in [0.1, 0.15) is 11.6 Å². The Kier molecular flexibility index (Phi) is 4.06. The summed E-state index contributed by atoms with van der Waals surface area (Å²) >= 11 is 0. The Morgan fingerprint density at radius 3 is 2.31 bits per heavy atom. The first-order chi connectivity index (χ1) is 7.35. The van der Waals surface area contributed by atoms with E-state index in [1.165, 1.54) is 0 Å². The first kappa shape index (κ1) is 13.1. The SMILES string of the molecule is [CH2]CC(C)C=CC1C(=O)CC(C)(C)CC1=O. The summed E-state index contributed by atoms with van der Waals surface area (Å²) in [6, 6.07) is 0. The molecule has 0 saturated heterocycles. The number of carbonyl (C=O) groups excluding carboxylic acids is 2. The molecule has 0 bridgehead atoms. The van der Waals surface area contributed by atoms with E-state index in [1.807, 2.05) is 26.8 Å². The van der Waals surface area contributed by atoms with Gasteiger partial charge in [0.25, 0.3) is 0 Å². The van der Waals surface area contributed by atoms with Crippen LogP contribution in [0.25, 0.3) is 0 Å². The molecule has 1 saturated carbocycles. The summed E-state index contributed by atoms with van der Waals surface area (Å²) in [5, 5.41) is 0. The molecule has 1 fully saturated rings. The van der Waals surface area contributed by atoms with Gasteiger partial charge in [0.15, 0.2) is 0 Å². The van der Waals surface area contributed by atoms with E-state index in [0.29, 0.717) is 18.8 Å². The molecule has 1 aliphatic carbocycles. The third-order valence-corrected chi connectivity index (χ3v) is 3.09. The van der Waals surface area contributed by atoms with Gasteiger partial charge in [-0.2, -0.15) is 0 Å². The van der Waals surface area contributed by atoms with Gasteiger partial charge in [0.2, 0.25) is 0 Å². The van der Waals surface area contributed by atoms with Gasteiger partial charge in [0, 0.05) is 12.8 Å². The Hall–Kier alpha value is -0.920. The molecule has 1 aliphatic rings. The lowest BCUT2D eigenvalue weighted by atomic mass is 9.71. The number of hydrogen-bond acceptors (Lipinski definition) is 2. The zero-order chi connectivity index (χ0) is 12.3. The second-order valence-corrected chi connectivity index (χ2v) is 5.58. The fraction of sp³-hybridized carbons (Fsp3) is 0.643. The average Bonchev–Trinajstić information content (AvgIpc) is 2.14. The van der Waals surface area contributed by atoms with Crippen molar-refractivity contribution in [3.63, 3.8) is 0 Å². The molecule has 0 N–H and O–H groups in total. The summed E-state index contributed by atoms with van der Waals surface area (Å²) in [6.07, 6.45) is 5.51. The van der Waals surface area contributed by atoms with E-state index < -0.39 is 5.92 Å². The maximum atomic E-state index is 11.8. The number of rotatable bonds is 3. The predicted octanol–water partition coefficient (Wildman–Crippen LogP) is 2.98. The van der Waals surface area contributed by atoms with Gasteiger partial charge in [-0.25, -0.2) is 0 Å². The second kappa shape index (κ2) is 4.94. The Balaban J connectivity index is 2.72. The minimum Gasteiger partial charge on any atom is -0.299 e. The summed E-state index contributed by atoms with van der Waals surface area (Å²) in [4.78, 5) is 23.7. The standard InChI is InChI=1S/C14H21O2/c1-5-10(2)6-7-11-12(15)8-14(3,4)9-13(11)16/h6-7,10-11H,1,5,8-9H2,2-4H3. The van der Waals surface area contributed by atoms with Crippen LogP contribution in [0.4, 0.5) is 0 Å². The number of allylic oxidation sites excluding steroid dienone is 2. The molecule has 0 aromatic rings. The van der Waals surface area contributed by atoms with Crippen molar-refractivity contribution < 1.29 is 9.59 Å². The van der Waals surface area contributed by atoms with Gasteiger partial charge < -0.3 is 0 Å². The summed E-state index contributed by atoms with van der Waals surface area (Å²) < 4.78 is 0. The molecule has 2 nitrogen and oxygen atoms in total. The van der Waals surface area contributed by atoms with Crippen LogP contribution in [0.1, 0.15) is 40.0 Å². The molecule has 89 valence electrons. The molecule has 1 rings (SSSR count). The minimum atomic E-state index is -0.498. The van der Waals surface area contributed by atoms with E-state index in [1.54, 1.807) is 6.08 Å². The van der Waals surface area contributed by atoms with Crippen LogP contribution in [0, 0.1) is 24.2 Å². The van der Waals surface area contributed by atoms with Gasteiger partial charge in [-0.15, -0.1) is 0 Å². The molecule has 1 atom stereocenters. The normalized spacial score (nSPS) is 24.0. The lowest BCUT2D eigenvalue weighted by Crippen LogP contribution is -2.36. The van der Waals surface area contributed by atoms with Crippen molar-refractivity contribution in [3.8, 4) is 0 Å². The van der Waals surface area contributed by atoms with Crippen molar-refractivity contribution >= 4 is 11.6 Å². The molecule has 0 aromatic heterocycles. The smallest absolute Gasteiger partial charge is 0.147 e. The van der Waals surface area contributed by atoms with Crippen LogP contribution in [0.3, 0.4) is 0 Å². The van der Waals surface area contributed by atoms with Crippen LogP contribution in [-0.4, -0.2) is 11.6 Å². The maximum absolute atomic E-state index is 11.8. The summed E-state index contributed by atoms with van der Waals surface area (Å²) in [5.74, 6) is -0.0416. The van der Waals surface area contributed by atoms with E-state index in [4.69, 9.17) is 0 Å². The number of hydrogen-bond donors (Lipinski definition) is 0. The van der Waals surface area contributed by atoms with Gasteiger partial charge in [-0.1, -0.05) is 39.8 Å². The van der Waals surface area contributed by atoms with Gasteiger partial charge >= 0.3 is 0 Å². The molecule has 1 radical (unpaired) electrons. The van der Waals surface area contributed by atoms with Crippen molar-refractivity contribution in [1.82, 2.24) is 0 Å². The first-order valence-corrected chi connectivity index (χ1v) is 5.89. The third kappa shape index (κ3) is 3.29. The second-order valence-electron chi connectivity index (χ2n) is 5.58. The highest BCUT2D eigenvalue weighted by atomic mass is 16.2. The van der Waals surface area contributed by atoms with Gasteiger partial charge in [-0.3, -0.25) is 9.59 Å². The lowest BCUT2D eigenvalue weighted by molar-refractivity contribution is -0.137. The molecule has 0 aliphatic heterocycles. The zero-order valence-electron chi connectivity index (χ0n) is 10.5. The Morgan fingerprint density at radius 1 is 1.38 bits per heavy atom. The number of Topliss-reactive ketones (excluding diaryl/α,β-unsaturated/α-hetero) is 2. The molecule has 0 aromatic carbocycles. The highest BCUT2D eigenvalue weighted by Gasteiger charge is 2.37. The molecular formula is C14H21O2. The van der Waals surface area contributed by atoms with Crippen LogP contribution in [0.2, 0.25) is 0 Å². The van der Waals surface area contributed by atoms with Gasteiger partial charge in [0.05, 0.1) is 5.92 Å². The molecule has 2 heteroatoms. The quantitative estimate of drug-likeness (QED) is 0.542. The largest absolute Gasteiger partial charge is 0.299 e. The third-order valence-electron chi connectivity index (χ3n) is 3.09. The summed E-state index contributed by atoms with van der Waals surface area (Å²) in [7, 11) is 0. The van der Waals surface area contributed by atoms with Crippen molar-refractivity contribution in [1.29, 1.82) is 0 Å². The first-order valence-electron chi connectivity index (χ1n) is 5.89. The predicted molar refractivity (Wildman–Crippen MR) is 64.8 cm³/mol. The Morgan fingerprint density at radius 2 is 1.88 bits per heavy atom. The molecule has 0 amide bonds. The van der Waals surface area contributed by atoms with Crippen LogP contribution in [-0.2, 0) is 9.59 Å². The maximum Gasteiger partial charge on any atom is 0.147 e. The number of ketones is 2. The van der Waals surface area contributed by atoms with E-state index in [9.17, 15) is 9.59 Å². The highest BCUT2D eigenvalue weighted by molar-refractivity contribution is 6.06. The molecule has 1 unspecified atom stereocenters. The average molecular weight is 221 g/mol. The van der Waals surface area contributed by atoms with Gasteiger partial charge in [-0.05, 0) is 17.8 Å². The summed E-state index contributed by atoms with van der Waals surface area (Å²) in [6.45, 7) is 9.77. The Labute approximate surface area is 98.1 Å². The summed E-state index contributed by atoms with van der Waals surface area (Å²) in [5.41, 5.74) is -0.156. The van der Waals surface area contributed by atoms with Crippen molar-refractivity contribution in [3.05, 3.63) is 19.1 Å². The van der Waals surface area contributed by atoms with E-state index in [-0.39, 0.29) is 17.0 Å². The molecule has 16 heavy (non-hydrogen) atoms. The Bertz CT molecular complexity index is 293. The number of carbonyl (C=O) groups is 2. The van der Waals surface area contributed by atoms with Crippen molar-refractivity contribution in [2.75, 3.05) is 0 Å². The van der Waals surface area contributed by atoms with Crippen molar-refractivity contribution in [2.24, 2.45) is 17.3 Å². The highest BCUT2D eigenvalue weighted by Crippen LogP contribution is 2.34. The fourth-order valence-corrected chi connectivity index (χ4v) is 2.02.